The minimum absolute atomic E-state index is 0.458. The third-order valence-corrected chi connectivity index (χ3v) is 1.79. The number of rotatable bonds is 6. The molecule has 5 heteroatoms. The van der Waals surface area contributed by atoms with Crippen molar-refractivity contribution < 1.29 is 14.6 Å². The Balaban J connectivity index is 2.50. The van der Waals surface area contributed by atoms with E-state index < -0.39 is 12.5 Å². The van der Waals surface area contributed by atoms with Gasteiger partial charge in [-0.05, 0) is 29.8 Å². The predicted octanol–water partition coefficient (Wildman–Crippen LogP) is 0.694. The van der Waals surface area contributed by atoms with E-state index in [0.29, 0.717) is 6.61 Å². The van der Waals surface area contributed by atoms with E-state index in [4.69, 9.17) is 9.84 Å². The van der Waals surface area contributed by atoms with Crippen molar-refractivity contribution in [2.24, 2.45) is 5.10 Å². The van der Waals surface area contributed by atoms with Crippen LogP contribution in [-0.2, 0) is 4.79 Å². The quantitative estimate of drug-likeness (QED) is 0.432. The van der Waals surface area contributed by atoms with Gasteiger partial charge in [0.25, 0.3) is 5.91 Å². The number of ether oxygens (including phenoxy) is 1. The average Bonchev–Trinajstić information content (AvgIpc) is 2.37. The molecule has 0 unspecified atom stereocenters. The first-order chi connectivity index (χ1) is 8.26. The van der Waals surface area contributed by atoms with Crippen LogP contribution in [0.5, 0.6) is 5.75 Å². The molecule has 1 rings (SSSR count). The Morgan fingerprint density at radius 3 is 2.76 bits per heavy atom. The van der Waals surface area contributed by atoms with Gasteiger partial charge in [-0.25, -0.2) is 5.43 Å². The fourth-order valence-electron chi connectivity index (χ4n) is 1.02. The average molecular weight is 234 g/mol. The molecular weight excluding hydrogens is 220 g/mol. The van der Waals surface area contributed by atoms with Crippen LogP contribution in [0.1, 0.15) is 5.56 Å². The highest BCUT2D eigenvalue weighted by Gasteiger charge is 1.94. The number of nitrogens with one attached hydrogen (secondary N) is 1. The van der Waals surface area contributed by atoms with Crippen molar-refractivity contribution in [3.63, 3.8) is 0 Å². The Labute approximate surface area is 99.4 Å². The molecule has 0 spiro atoms. The van der Waals surface area contributed by atoms with E-state index in [-0.39, 0.29) is 0 Å². The molecular formula is C12H14N2O3. The van der Waals surface area contributed by atoms with Crippen LogP contribution >= 0.6 is 0 Å². The molecule has 90 valence electrons. The lowest BCUT2D eigenvalue weighted by Crippen LogP contribution is -2.20. The standard InChI is InChI=1S/C12H14N2O3/c1-2-7-17-11-5-3-10(4-6-11)8-13-14-12(16)9-15/h2-6,8,15H,1,7,9H2,(H,14,16). The van der Waals surface area contributed by atoms with E-state index in [9.17, 15) is 4.79 Å². The largest absolute Gasteiger partial charge is 0.490 e. The maximum absolute atomic E-state index is 10.7. The monoisotopic (exact) mass is 234 g/mol. The fourth-order valence-corrected chi connectivity index (χ4v) is 1.02. The predicted molar refractivity (Wildman–Crippen MR) is 65.0 cm³/mol. The van der Waals surface area contributed by atoms with Crippen LogP contribution in [-0.4, -0.2) is 30.4 Å². The second-order valence-corrected chi connectivity index (χ2v) is 3.12. The van der Waals surface area contributed by atoms with Gasteiger partial charge in [-0.15, -0.1) is 0 Å². The van der Waals surface area contributed by atoms with Gasteiger partial charge in [0.05, 0.1) is 6.21 Å². The van der Waals surface area contributed by atoms with E-state index >= 15 is 0 Å². The Hall–Kier alpha value is -2.14. The minimum atomic E-state index is -0.578. The number of hydrazone groups is 1. The van der Waals surface area contributed by atoms with Crippen LogP contribution in [0.2, 0.25) is 0 Å². The molecule has 0 fully saturated rings. The summed E-state index contributed by atoms with van der Waals surface area (Å²) in [5.41, 5.74) is 2.98. The molecule has 1 amide bonds. The molecule has 5 nitrogen and oxygen atoms in total. The number of benzene rings is 1. The van der Waals surface area contributed by atoms with E-state index in [2.05, 4.69) is 17.1 Å². The zero-order valence-electron chi connectivity index (χ0n) is 9.30. The fraction of sp³-hybridized carbons (Fsp3) is 0.167. The molecule has 0 saturated heterocycles. The van der Waals surface area contributed by atoms with Crippen LogP contribution < -0.4 is 10.2 Å². The molecule has 0 aliphatic heterocycles. The third-order valence-electron chi connectivity index (χ3n) is 1.79. The maximum Gasteiger partial charge on any atom is 0.265 e. The Morgan fingerprint density at radius 2 is 2.18 bits per heavy atom. The number of carbonyl (C=O) groups excluding carboxylic acids is 1. The second-order valence-electron chi connectivity index (χ2n) is 3.12. The van der Waals surface area contributed by atoms with E-state index in [1.165, 1.54) is 6.21 Å². The Bertz CT molecular complexity index is 399. The summed E-state index contributed by atoms with van der Waals surface area (Å²) in [7, 11) is 0. The molecule has 0 radical (unpaired) electrons. The zero-order chi connectivity index (χ0) is 12.5. The van der Waals surface area contributed by atoms with Gasteiger partial charge in [0.15, 0.2) is 0 Å². The molecule has 0 aromatic heterocycles. The molecule has 1 aromatic rings. The molecule has 1 aromatic carbocycles. The summed E-state index contributed by atoms with van der Waals surface area (Å²) >= 11 is 0. The van der Waals surface area contributed by atoms with Gasteiger partial charge in [0, 0.05) is 0 Å². The Morgan fingerprint density at radius 1 is 1.47 bits per heavy atom. The molecule has 0 bridgehead atoms. The number of aliphatic hydroxyl groups is 1. The molecule has 0 aliphatic rings. The van der Waals surface area contributed by atoms with Crippen LogP contribution in [0.4, 0.5) is 0 Å². The lowest BCUT2D eigenvalue weighted by Gasteiger charge is -2.02. The zero-order valence-corrected chi connectivity index (χ0v) is 9.30. The molecule has 0 atom stereocenters. The smallest absolute Gasteiger partial charge is 0.265 e. The van der Waals surface area contributed by atoms with Crippen LogP contribution in [0, 0.1) is 0 Å². The van der Waals surface area contributed by atoms with Crippen molar-refractivity contribution in [3.05, 3.63) is 42.5 Å². The molecule has 17 heavy (non-hydrogen) atoms. The highest BCUT2D eigenvalue weighted by atomic mass is 16.5. The lowest BCUT2D eigenvalue weighted by molar-refractivity contribution is -0.123. The van der Waals surface area contributed by atoms with E-state index in [1.807, 2.05) is 0 Å². The highest BCUT2D eigenvalue weighted by molar-refractivity contribution is 5.82. The Kier molecular flexibility index (Phi) is 5.46. The van der Waals surface area contributed by atoms with Gasteiger partial charge in [-0.1, -0.05) is 12.7 Å². The van der Waals surface area contributed by atoms with Crippen molar-refractivity contribution in [3.8, 4) is 5.75 Å². The summed E-state index contributed by atoms with van der Waals surface area (Å²) in [6, 6.07) is 7.18. The number of hydrogen-bond donors (Lipinski definition) is 2. The van der Waals surface area contributed by atoms with Crippen molar-refractivity contribution >= 4 is 12.1 Å². The van der Waals surface area contributed by atoms with E-state index in [0.717, 1.165) is 11.3 Å². The van der Waals surface area contributed by atoms with Gasteiger partial charge in [-0.2, -0.15) is 5.10 Å². The van der Waals surface area contributed by atoms with Crippen LogP contribution in [0.15, 0.2) is 42.0 Å². The van der Waals surface area contributed by atoms with Gasteiger partial charge in [0.1, 0.15) is 19.0 Å². The molecule has 2 N–H and O–H groups in total. The first kappa shape index (κ1) is 12.9. The third kappa shape index (κ3) is 4.94. The van der Waals surface area contributed by atoms with E-state index in [1.54, 1.807) is 30.3 Å². The number of hydrogen-bond acceptors (Lipinski definition) is 4. The van der Waals surface area contributed by atoms with Crippen molar-refractivity contribution in [2.75, 3.05) is 13.2 Å². The topological polar surface area (TPSA) is 70.9 Å². The van der Waals surface area contributed by atoms with Crippen molar-refractivity contribution in [2.45, 2.75) is 0 Å². The molecule has 0 heterocycles. The summed E-state index contributed by atoms with van der Waals surface area (Å²) in [5.74, 6) is 0.189. The van der Waals surface area contributed by atoms with Gasteiger partial charge in [-0.3, -0.25) is 4.79 Å². The number of carbonyl (C=O) groups is 1. The van der Waals surface area contributed by atoms with Gasteiger partial charge < -0.3 is 9.84 Å². The minimum Gasteiger partial charge on any atom is -0.490 e. The summed E-state index contributed by atoms with van der Waals surface area (Å²) in [4.78, 5) is 10.7. The number of amides is 1. The summed E-state index contributed by atoms with van der Waals surface area (Å²) < 4.78 is 5.30. The first-order valence-corrected chi connectivity index (χ1v) is 5.03. The maximum atomic E-state index is 10.7. The van der Waals surface area contributed by atoms with Crippen molar-refractivity contribution in [1.82, 2.24) is 5.43 Å². The second kappa shape index (κ2) is 7.19. The van der Waals surface area contributed by atoms with Crippen molar-refractivity contribution in [1.29, 1.82) is 0 Å². The first-order valence-electron chi connectivity index (χ1n) is 5.03. The number of aliphatic hydroxyl groups excluding tert-OH is 1. The van der Waals surface area contributed by atoms with Gasteiger partial charge in [0.2, 0.25) is 0 Å². The molecule has 0 aliphatic carbocycles. The molecule has 0 saturated carbocycles. The SMILES string of the molecule is C=CCOc1ccc(C=NNC(=O)CO)cc1. The summed E-state index contributed by atoms with van der Waals surface area (Å²) in [5, 5.41) is 12.1. The van der Waals surface area contributed by atoms with Crippen LogP contribution in [0.3, 0.4) is 0 Å². The normalized spacial score (nSPS) is 10.2. The van der Waals surface area contributed by atoms with Gasteiger partial charge >= 0.3 is 0 Å². The summed E-state index contributed by atoms with van der Waals surface area (Å²) in [6.07, 6.45) is 3.14. The number of nitrogens with zero attached hydrogens (tertiary/aromatic N) is 1. The van der Waals surface area contributed by atoms with Crippen LogP contribution in [0.25, 0.3) is 0 Å². The highest BCUT2D eigenvalue weighted by Crippen LogP contribution is 2.10. The summed E-state index contributed by atoms with van der Waals surface area (Å²) in [6.45, 7) is 3.43. The lowest BCUT2D eigenvalue weighted by atomic mass is 10.2.